The van der Waals surface area contributed by atoms with Crippen molar-refractivity contribution in [2.45, 2.75) is 38.7 Å². The van der Waals surface area contributed by atoms with Gasteiger partial charge in [-0.1, -0.05) is 0 Å². The predicted octanol–water partition coefficient (Wildman–Crippen LogP) is 0.672. The Morgan fingerprint density at radius 3 is 1.89 bits per heavy atom. The summed E-state index contributed by atoms with van der Waals surface area (Å²) in [5.74, 6) is -0.686. The summed E-state index contributed by atoms with van der Waals surface area (Å²) in [6.45, 7) is 5.14. The Kier molecular flexibility index (Phi) is 6.64. The van der Waals surface area contributed by atoms with E-state index in [0.717, 1.165) is 0 Å². The van der Waals surface area contributed by atoms with Crippen molar-refractivity contribution in [2.75, 3.05) is 21.3 Å². The molecule has 0 aliphatic carbocycles. The molecule has 0 aliphatic rings. The van der Waals surface area contributed by atoms with Crippen LogP contribution < -0.4 is 5.32 Å². The lowest BCUT2D eigenvalue weighted by Crippen LogP contribution is -2.51. The zero-order chi connectivity index (χ0) is 14.3. The Labute approximate surface area is 107 Å². The molecule has 18 heavy (non-hydrogen) atoms. The number of esters is 1. The average Bonchev–Trinajstić information content (AvgIpc) is 2.25. The van der Waals surface area contributed by atoms with Crippen LogP contribution >= 0.6 is 0 Å². The second kappa shape index (κ2) is 7.17. The maximum Gasteiger partial charge on any atom is 0.408 e. The molecule has 0 aromatic rings. The Bertz CT molecular complexity index is 282. The molecule has 1 N–H and O–H groups in total. The molecule has 0 fully saturated rings. The van der Waals surface area contributed by atoms with Gasteiger partial charge in [-0.2, -0.15) is 0 Å². The van der Waals surface area contributed by atoms with Gasteiger partial charge in [0, 0.05) is 14.2 Å². The first-order valence-electron chi connectivity index (χ1n) is 5.38. The molecule has 0 saturated heterocycles. The van der Waals surface area contributed by atoms with Gasteiger partial charge in [0.15, 0.2) is 12.3 Å². The van der Waals surface area contributed by atoms with Crippen LogP contribution in [0.3, 0.4) is 0 Å². The highest BCUT2D eigenvalue weighted by Gasteiger charge is 2.32. The fourth-order valence-corrected chi connectivity index (χ4v) is 1.17. The van der Waals surface area contributed by atoms with E-state index in [0.29, 0.717) is 0 Å². The molecule has 1 amide bonds. The summed E-state index contributed by atoms with van der Waals surface area (Å²) in [5, 5.41) is 2.34. The van der Waals surface area contributed by atoms with Gasteiger partial charge in [0.1, 0.15) is 5.60 Å². The summed E-state index contributed by atoms with van der Waals surface area (Å²) < 4.78 is 19.4. The number of hydrogen-bond donors (Lipinski definition) is 1. The highest BCUT2D eigenvalue weighted by Crippen LogP contribution is 2.08. The van der Waals surface area contributed by atoms with Gasteiger partial charge in [-0.15, -0.1) is 0 Å². The molecule has 0 saturated carbocycles. The molecule has 0 heterocycles. The molecule has 0 spiro atoms. The lowest BCUT2D eigenvalue weighted by molar-refractivity contribution is -0.165. The standard InChI is InChI=1S/C11H21NO6/c1-11(2,3)18-10(14)12-7(8(13)15-4)9(16-5)17-6/h7,9H,1-6H3,(H,12,14). The minimum atomic E-state index is -1.10. The van der Waals surface area contributed by atoms with E-state index in [-0.39, 0.29) is 0 Å². The number of alkyl carbamates (subject to hydrolysis) is 1. The van der Waals surface area contributed by atoms with Crippen molar-refractivity contribution < 1.29 is 28.5 Å². The minimum absolute atomic E-state index is 0.666. The topological polar surface area (TPSA) is 83.1 Å². The third-order valence-corrected chi connectivity index (χ3v) is 1.86. The van der Waals surface area contributed by atoms with E-state index in [1.165, 1.54) is 21.3 Å². The second-order valence-corrected chi connectivity index (χ2v) is 4.49. The first-order chi connectivity index (χ1) is 8.25. The molecule has 0 aliphatic heterocycles. The number of carbonyl (C=O) groups is 2. The van der Waals surface area contributed by atoms with E-state index in [9.17, 15) is 9.59 Å². The van der Waals surface area contributed by atoms with Crippen molar-refractivity contribution in [1.29, 1.82) is 0 Å². The summed E-state index contributed by atoms with van der Waals surface area (Å²) in [6, 6.07) is -1.10. The van der Waals surface area contributed by atoms with E-state index in [1.54, 1.807) is 20.8 Å². The normalized spacial score (nSPS) is 13.1. The van der Waals surface area contributed by atoms with Crippen molar-refractivity contribution >= 4 is 12.1 Å². The van der Waals surface area contributed by atoms with Crippen molar-refractivity contribution in [3.8, 4) is 0 Å². The van der Waals surface area contributed by atoms with Gasteiger partial charge in [0.2, 0.25) is 0 Å². The largest absolute Gasteiger partial charge is 0.467 e. The van der Waals surface area contributed by atoms with Gasteiger partial charge in [0.05, 0.1) is 7.11 Å². The van der Waals surface area contributed by atoms with E-state index < -0.39 is 30.0 Å². The Morgan fingerprint density at radius 1 is 1.06 bits per heavy atom. The van der Waals surface area contributed by atoms with Crippen LogP contribution in [0, 0.1) is 0 Å². The van der Waals surface area contributed by atoms with Crippen LogP contribution in [0.1, 0.15) is 20.8 Å². The number of ether oxygens (including phenoxy) is 4. The number of nitrogens with one attached hydrogen (secondary N) is 1. The Balaban J connectivity index is 4.69. The van der Waals surface area contributed by atoms with Crippen LogP contribution in [-0.4, -0.2) is 51.3 Å². The van der Waals surface area contributed by atoms with Crippen LogP contribution in [0.25, 0.3) is 0 Å². The van der Waals surface area contributed by atoms with E-state index in [2.05, 4.69) is 10.1 Å². The van der Waals surface area contributed by atoms with Crippen LogP contribution in [0.15, 0.2) is 0 Å². The fraction of sp³-hybridized carbons (Fsp3) is 0.818. The summed E-state index contributed by atoms with van der Waals surface area (Å²) in [6.07, 6.45) is -1.71. The van der Waals surface area contributed by atoms with Crippen LogP contribution in [0.2, 0.25) is 0 Å². The molecule has 1 atom stereocenters. The molecule has 1 unspecified atom stereocenters. The maximum absolute atomic E-state index is 11.6. The van der Waals surface area contributed by atoms with Gasteiger partial charge in [-0.05, 0) is 20.8 Å². The molecule has 0 rings (SSSR count). The molecule has 0 aromatic heterocycles. The monoisotopic (exact) mass is 263 g/mol. The summed E-state index contributed by atoms with van der Waals surface area (Å²) in [5.41, 5.74) is -0.666. The number of methoxy groups -OCH3 is 3. The first kappa shape index (κ1) is 16.7. The van der Waals surface area contributed by atoms with Crippen molar-refractivity contribution in [1.82, 2.24) is 5.32 Å². The summed E-state index contributed by atoms with van der Waals surface area (Å²) in [4.78, 5) is 23.1. The number of rotatable bonds is 5. The summed E-state index contributed by atoms with van der Waals surface area (Å²) >= 11 is 0. The quantitative estimate of drug-likeness (QED) is 0.580. The van der Waals surface area contributed by atoms with E-state index in [1.807, 2.05) is 0 Å². The molecule has 0 aromatic carbocycles. The molecular formula is C11H21NO6. The fourth-order valence-electron chi connectivity index (χ4n) is 1.17. The van der Waals surface area contributed by atoms with Gasteiger partial charge in [-0.25, -0.2) is 9.59 Å². The molecule has 7 nitrogen and oxygen atoms in total. The minimum Gasteiger partial charge on any atom is -0.467 e. The molecule has 7 heteroatoms. The Hall–Kier alpha value is -1.34. The first-order valence-corrected chi connectivity index (χ1v) is 5.38. The SMILES string of the molecule is COC(=O)C(NC(=O)OC(C)(C)C)C(OC)OC. The highest BCUT2D eigenvalue weighted by molar-refractivity contribution is 5.81. The molecule has 106 valence electrons. The van der Waals surface area contributed by atoms with Crippen molar-refractivity contribution in [3.05, 3.63) is 0 Å². The van der Waals surface area contributed by atoms with Crippen LogP contribution in [-0.2, 0) is 23.7 Å². The number of carbonyl (C=O) groups excluding carboxylic acids is 2. The lowest BCUT2D eigenvalue weighted by Gasteiger charge is -2.25. The van der Waals surface area contributed by atoms with Gasteiger partial charge in [0.25, 0.3) is 0 Å². The third kappa shape index (κ3) is 5.83. The van der Waals surface area contributed by atoms with Gasteiger partial charge >= 0.3 is 12.1 Å². The van der Waals surface area contributed by atoms with Crippen LogP contribution in [0.4, 0.5) is 4.79 Å². The predicted molar refractivity (Wildman–Crippen MR) is 63.0 cm³/mol. The highest BCUT2D eigenvalue weighted by atomic mass is 16.7. The third-order valence-electron chi connectivity index (χ3n) is 1.86. The van der Waals surface area contributed by atoms with Crippen molar-refractivity contribution in [3.63, 3.8) is 0 Å². The summed E-state index contributed by atoms with van der Waals surface area (Å²) in [7, 11) is 3.90. The van der Waals surface area contributed by atoms with E-state index in [4.69, 9.17) is 14.2 Å². The van der Waals surface area contributed by atoms with Gasteiger partial charge < -0.3 is 24.3 Å². The average molecular weight is 263 g/mol. The lowest BCUT2D eigenvalue weighted by atomic mass is 10.2. The maximum atomic E-state index is 11.6. The zero-order valence-electron chi connectivity index (χ0n) is 11.6. The zero-order valence-corrected chi connectivity index (χ0v) is 11.6. The van der Waals surface area contributed by atoms with Crippen LogP contribution in [0.5, 0.6) is 0 Å². The van der Waals surface area contributed by atoms with Crippen molar-refractivity contribution in [2.24, 2.45) is 0 Å². The second-order valence-electron chi connectivity index (χ2n) is 4.49. The number of amides is 1. The smallest absolute Gasteiger partial charge is 0.408 e. The molecular weight excluding hydrogens is 242 g/mol. The Morgan fingerprint density at radius 2 is 1.56 bits per heavy atom. The van der Waals surface area contributed by atoms with E-state index >= 15 is 0 Å². The van der Waals surface area contributed by atoms with Gasteiger partial charge in [-0.3, -0.25) is 0 Å². The molecule has 0 bridgehead atoms. The molecule has 0 radical (unpaired) electrons. The number of hydrogen-bond acceptors (Lipinski definition) is 6.